The molecule has 0 saturated carbocycles. The topological polar surface area (TPSA) is 26.3 Å². The maximum absolute atomic E-state index is 11.2. The summed E-state index contributed by atoms with van der Waals surface area (Å²) in [7, 11) is 1.37. The van der Waals surface area contributed by atoms with Gasteiger partial charge in [0, 0.05) is 10.4 Å². The van der Waals surface area contributed by atoms with Crippen LogP contribution in [0.1, 0.15) is 16.7 Å². The largest absolute Gasteiger partial charge is 0.469 e. The Morgan fingerprint density at radius 3 is 2.67 bits per heavy atom. The maximum Gasteiger partial charge on any atom is 0.310 e. The molecule has 2 nitrogen and oxygen atoms in total. The Hall–Kier alpha value is -0.540. The highest BCUT2D eigenvalue weighted by atomic mass is 79.9. The van der Waals surface area contributed by atoms with E-state index in [0.717, 1.165) is 16.7 Å². The fourth-order valence-electron chi connectivity index (χ4n) is 1.38. The van der Waals surface area contributed by atoms with Crippen molar-refractivity contribution in [3.63, 3.8) is 0 Å². The first-order valence-corrected chi connectivity index (χ1v) is 5.99. The molecule has 15 heavy (non-hydrogen) atoms. The SMILES string of the molecule is COC(=O)Cc1c(Cl)ccc(C)c1CBr. The summed E-state index contributed by atoms with van der Waals surface area (Å²) in [5, 5.41) is 1.30. The number of hydrogen-bond donors (Lipinski definition) is 0. The molecule has 0 bridgehead atoms. The summed E-state index contributed by atoms with van der Waals surface area (Å²) in [6, 6.07) is 3.75. The Kier molecular flexibility index (Phi) is 4.61. The second-order valence-electron chi connectivity index (χ2n) is 3.21. The molecule has 0 aromatic heterocycles. The normalized spacial score (nSPS) is 10.1. The van der Waals surface area contributed by atoms with Crippen LogP contribution < -0.4 is 0 Å². The highest BCUT2D eigenvalue weighted by Crippen LogP contribution is 2.26. The Morgan fingerprint density at radius 2 is 2.13 bits per heavy atom. The third-order valence-corrected chi connectivity index (χ3v) is 3.21. The zero-order valence-electron chi connectivity index (χ0n) is 8.64. The van der Waals surface area contributed by atoms with E-state index in [1.807, 2.05) is 13.0 Å². The van der Waals surface area contributed by atoms with Gasteiger partial charge in [0.2, 0.25) is 0 Å². The Balaban J connectivity index is 3.13. The van der Waals surface area contributed by atoms with Crippen molar-refractivity contribution in [3.05, 3.63) is 33.8 Å². The Labute approximate surface area is 103 Å². The van der Waals surface area contributed by atoms with Gasteiger partial charge >= 0.3 is 5.97 Å². The zero-order chi connectivity index (χ0) is 11.4. The van der Waals surface area contributed by atoms with E-state index in [2.05, 4.69) is 20.7 Å². The number of hydrogen-bond acceptors (Lipinski definition) is 2. The van der Waals surface area contributed by atoms with Gasteiger partial charge in [0.25, 0.3) is 0 Å². The second-order valence-corrected chi connectivity index (χ2v) is 4.18. The molecule has 0 aliphatic rings. The predicted molar refractivity (Wildman–Crippen MR) is 64.5 cm³/mol. The van der Waals surface area contributed by atoms with Gasteiger partial charge in [0.1, 0.15) is 0 Å². The van der Waals surface area contributed by atoms with Crippen molar-refractivity contribution in [1.29, 1.82) is 0 Å². The monoisotopic (exact) mass is 290 g/mol. The van der Waals surface area contributed by atoms with Gasteiger partial charge in [0.05, 0.1) is 13.5 Å². The summed E-state index contributed by atoms with van der Waals surface area (Å²) in [6.45, 7) is 1.99. The van der Waals surface area contributed by atoms with E-state index in [1.54, 1.807) is 6.07 Å². The molecule has 0 aliphatic heterocycles. The molecule has 0 amide bonds. The maximum atomic E-state index is 11.2. The minimum absolute atomic E-state index is 0.220. The van der Waals surface area contributed by atoms with Crippen LogP contribution in [0, 0.1) is 6.92 Å². The van der Waals surface area contributed by atoms with Crippen molar-refractivity contribution in [2.75, 3.05) is 7.11 Å². The lowest BCUT2D eigenvalue weighted by atomic mass is 10.0. The summed E-state index contributed by atoms with van der Waals surface area (Å²) in [5.41, 5.74) is 3.03. The summed E-state index contributed by atoms with van der Waals surface area (Å²) in [6.07, 6.45) is 0.220. The molecule has 4 heteroatoms. The molecule has 0 fully saturated rings. The number of rotatable bonds is 3. The second kappa shape index (κ2) is 5.52. The number of esters is 1. The van der Waals surface area contributed by atoms with Gasteiger partial charge in [0.15, 0.2) is 0 Å². The van der Waals surface area contributed by atoms with E-state index in [4.69, 9.17) is 11.6 Å². The molecule has 0 heterocycles. The molecule has 1 aromatic rings. The van der Waals surface area contributed by atoms with Crippen molar-refractivity contribution in [2.24, 2.45) is 0 Å². The van der Waals surface area contributed by atoms with Crippen molar-refractivity contribution in [2.45, 2.75) is 18.7 Å². The number of aryl methyl sites for hydroxylation is 1. The summed E-state index contributed by atoms with van der Waals surface area (Å²) >= 11 is 9.45. The molecule has 0 spiro atoms. The van der Waals surface area contributed by atoms with Gasteiger partial charge in [-0.3, -0.25) is 4.79 Å². The number of benzene rings is 1. The van der Waals surface area contributed by atoms with E-state index in [0.29, 0.717) is 10.4 Å². The first-order valence-electron chi connectivity index (χ1n) is 4.49. The van der Waals surface area contributed by atoms with Gasteiger partial charge in [-0.2, -0.15) is 0 Å². The van der Waals surface area contributed by atoms with Crippen LogP contribution in [0.5, 0.6) is 0 Å². The molecule has 0 radical (unpaired) electrons. The average molecular weight is 292 g/mol. The average Bonchev–Trinajstić information content (AvgIpc) is 2.23. The number of carbonyl (C=O) groups excluding carboxylic acids is 1. The van der Waals surface area contributed by atoms with Gasteiger partial charge in [-0.1, -0.05) is 33.6 Å². The number of alkyl halides is 1. The summed E-state index contributed by atoms with van der Waals surface area (Å²) in [4.78, 5) is 11.2. The number of carbonyl (C=O) groups is 1. The van der Waals surface area contributed by atoms with Crippen molar-refractivity contribution in [3.8, 4) is 0 Å². The van der Waals surface area contributed by atoms with Crippen molar-refractivity contribution in [1.82, 2.24) is 0 Å². The van der Waals surface area contributed by atoms with E-state index in [9.17, 15) is 4.79 Å². The standard InChI is InChI=1S/C11H12BrClO2/c1-7-3-4-10(13)8(9(7)6-12)5-11(14)15-2/h3-4H,5-6H2,1-2H3. The third-order valence-electron chi connectivity index (χ3n) is 2.29. The summed E-state index contributed by atoms with van der Waals surface area (Å²) < 4.78 is 4.64. The predicted octanol–water partition coefficient (Wildman–Crippen LogP) is 3.26. The minimum atomic E-state index is -0.273. The zero-order valence-corrected chi connectivity index (χ0v) is 11.0. The molecule has 0 atom stereocenters. The number of ether oxygens (including phenoxy) is 1. The van der Waals surface area contributed by atoms with Gasteiger partial charge in [-0.25, -0.2) is 0 Å². The van der Waals surface area contributed by atoms with Crippen molar-refractivity contribution < 1.29 is 9.53 Å². The fraction of sp³-hybridized carbons (Fsp3) is 0.364. The lowest BCUT2D eigenvalue weighted by Gasteiger charge is -2.11. The highest BCUT2D eigenvalue weighted by Gasteiger charge is 2.13. The van der Waals surface area contributed by atoms with Crippen LogP contribution in [0.4, 0.5) is 0 Å². The van der Waals surface area contributed by atoms with Crippen LogP contribution in [0.25, 0.3) is 0 Å². The van der Waals surface area contributed by atoms with Gasteiger partial charge in [-0.05, 0) is 29.7 Å². The third kappa shape index (κ3) is 2.95. The molecule has 1 aromatic carbocycles. The van der Waals surface area contributed by atoms with Crippen LogP contribution in [0.15, 0.2) is 12.1 Å². The Bertz CT molecular complexity index is 377. The molecule has 0 unspecified atom stereocenters. The smallest absolute Gasteiger partial charge is 0.310 e. The lowest BCUT2D eigenvalue weighted by Crippen LogP contribution is -2.08. The minimum Gasteiger partial charge on any atom is -0.469 e. The van der Waals surface area contributed by atoms with Crippen LogP contribution in [-0.4, -0.2) is 13.1 Å². The van der Waals surface area contributed by atoms with Gasteiger partial charge < -0.3 is 4.74 Å². The first-order chi connectivity index (χ1) is 7.10. The van der Waals surface area contributed by atoms with Crippen LogP contribution >= 0.6 is 27.5 Å². The lowest BCUT2D eigenvalue weighted by molar-refractivity contribution is -0.139. The number of halogens is 2. The van der Waals surface area contributed by atoms with Crippen LogP contribution in [0.2, 0.25) is 5.02 Å². The molecule has 0 N–H and O–H groups in total. The fourth-order valence-corrected chi connectivity index (χ4v) is 2.40. The van der Waals surface area contributed by atoms with E-state index in [1.165, 1.54) is 7.11 Å². The molecule has 0 aliphatic carbocycles. The van der Waals surface area contributed by atoms with Gasteiger partial charge in [-0.15, -0.1) is 0 Å². The van der Waals surface area contributed by atoms with Crippen molar-refractivity contribution >= 4 is 33.5 Å². The quantitative estimate of drug-likeness (QED) is 0.631. The highest BCUT2D eigenvalue weighted by molar-refractivity contribution is 9.08. The van der Waals surface area contributed by atoms with E-state index in [-0.39, 0.29) is 12.4 Å². The van der Waals surface area contributed by atoms with E-state index < -0.39 is 0 Å². The van der Waals surface area contributed by atoms with E-state index >= 15 is 0 Å². The first kappa shape index (κ1) is 12.5. The molecular formula is C11H12BrClO2. The molecule has 1 rings (SSSR count). The van der Waals surface area contributed by atoms with Crippen LogP contribution in [-0.2, 0) is 21.3 Å². The molecule has 0 saturated heterocycles. The molecular weight excluding hydrogens is 279 g/mol. The van der Waals surface area contributed by atoms with Crippen LogP contribution in [0.3, 0.4) is 0 Å². The Morgan fingerprint density at radius 1 is 1.47 bits per heavy atom. The number of methoxy groups -OCH3 is 1. The summed E-state index contributed by atoms with van der Waals surface area (Å²) in [5.74, 6) is -0.273. The molecule has 82 valence electrons.